The third-order valence-electron chi connectivity index (χ3n) is 7.52. The Morgan fingerprint density at radius 3 is 2.44 bits per heavy atom. The molecule has 0 spiro atoms. The summed E-state index contributed by atoms with van der Waals surface area (Å²) >= 11 is 6.07. The Bertz CT molecular complexity index is 1670. The average molecular weight is 601 g/mol. The number of fused-ring (bicyclic) bond motifs is 1. The number of para-hydroxylation sites is 2. The highest BCUT2D eigenvalue weighted by molar-refractivity contribution is 6.30. The molecule has 0 bridgehead atoms. The van der Waals surface area contributed by atoms with E-state index in [0.717, 1.165) is 22.9 Å². The lowest BCUT2D eigenvalue weighted by Crippen LogP contribution is -2.55. The highest BCUT2D eigenvalue weighted by atomic mass is 35.5. The number of carbonyl (C=O) groups is 2. The van der Waals surface area contributed by atoms with Gasteiger partial charge in [-0.2, -0.15) is 0 Å². The summed E-state index contributed by atoms with van der Waals surface area (Å²) in [7, 11) is 1.77. The van der Waals surface area contributed by atoms with Crippen molar-refractivity contribution in [2.75, 3.05) is 38.1 Å². The summed E-state index contributed by atoms with van der Waals surface area (Å²) in [5.41, 5.74) is 5.89. The first-order valence-corrected chi connectivity index (χ1v) is 14.4. The molecule has 11 heteroatoms. The highest BCUT2D eigenvalue weighted by Crippen LogP contribution is 2.23. The summed E-state index contributed by atoms with van der Waals surface area (Å²) in [6.45, 7) is 2.66. The van der Waals surface area contributed by atoms with Crippen molar-refractivity contribution >= 4 is 46.4 Å². The molecule has 222 valence electrons. The van der Waals surface area contributed by atoms with Gasteiger partial charge < -0.3 is 19.5 Å². The fraction of sp³-hybridized carbons (Fsp3) is 0.250. The molecule has 0 radical (unpaired) electrons. The van der Waals surface area contributed by atoms with Gasteiger partial charge in [-0.05, 0) is 41.5 Å². The molecule has 2 heterocycles. The van der Waals surface area contributed by atoms with Crippen LogP contribution in [0.5, 0.6) is 0 Å². The van der Waals surface area contributed by atoms with E-state index >= 15 is 0 Å². The number of carbonyl (C=O) groups excluding carboxylic acids is 2. The van der Waals surface area contributed by atoms with Gasteiger partial charge in [-0.3, -0.25) is 24.8 Å². The quantitative estimate of drug-likeness (QED) is 0.144. The van der Waals surface area contributed by atoms with Crippen LogP contribution in [0.4, 0.5) is 5.69 Å². The van der Waals surface area contributed by atoms with Gasteiger partial charge in [0.1, 0.15) is 11.6 Å². The fourth-order valence-corrected chi connectivity index (χ4v) is 5.34. The summed E-state index contributed by atoms with van der Waals surface area (Å²) in [4.78, 5) is 43.8. The van der Waals surface area contributed by atoms with Crippen LogP contribution in [-0.2, 0) is 17.8 Å². The molecule has 0 saturated carbocycles. The van der Waals surface area contributed by atoms with Crippen LogP contribution in [0, 0.1) is 5.41 Å². The zero-order chi connectivity index (χ0) is 30.3. The normalized spacial score (nSPS) is 13.9. The Kier molecular flexibility index (Phi) is 9.38. The van der Waals surface area contributed by atoms with Crippen molar-refractivity contribution in [1.29, 1.82) is 5.41 Å². The van der Waals surface area contributed by atoms with Gasteiger partial charge in [0.05, 0.1) is 18.3 Å². The smallest absolute Gasteiger partial charge is 0.287 e. The van der Waals surface area contributed by atoms with E-state index in [2.05, 4.69) is 15.6 Å². The third-order valence-corrected chi connectivity index (χ3v) is 7.77. The molecule has 2 amide bonds. The van der Waals surface area contributed by atoms with Crippen LogP contribution < -0.4 is 21.1 Å². The second-order valence-electron chi connectivity index (χ2n) is 10.2. The molecule has 1 atom stereocenters. The van der Waals surface area contributed by atoms with E-state index in [1.807, 2.05) is 36.4 Å². The van der Waals surface area contributed by atoms with E-state index in [-0.39, 0.29) is 23.5 Å². The van der Waals surface area contributed by atoms with Crippen molar-refractivity contribution in [3.63, 3.8) is 0 Å². The third kappa shape index (κ3) is 7.04. The molecule has 43 heavy (non-hydrogen) atoms. The number of hydrogen-bond donors (Lipinski definition) is 3. The van der Waals surface area contributed by atoms with Crippen molar-refractivity contribution in [2.45, 2.75) is 19.0 Å². The summed E-state index contributed by atoms with van der Waals surface area (Å²) in [5, 5.41) is 13.1. The van der Waals surface area contributed by atoms with Crippen molar-refractivity contribution in [1.82, 2.24) is 20.7 Å². The number of hydrogen-bond acceptors (Lipinski definition) is 7. The fourth-order valence-electron chi connectivity index (χ4n) is 5.22. The molecule has 3 N–H and O–H groups in total. The van der Waals surface area contributed by atoms with Crippen molar-refractivity contribution < 1.29 is 14.0 Å². The number of hydrazine groups is 1. The lowest BCUT2D eigenvalue weighted by atomic mass is 10.0. The Hall–Kier alpha value is -4.67. The molecule has 4 aromatic rings. The lowest BCUT2D eigenvalue weighted by Gasteiger charge is -2.38. The topological polar surface area (TPSA) is 122 Å². The molecule has 5 rings (SSSR count). The minimum Gasteiger partial charge on any atom is -0.451 e. The molecule has 0 unspecified atom stereocenters. The average Bonchev–Trinajstić information content (AvgIpc) is 3.04. The van der Waals surface area contributed by atoms with Crippen LogP contribution in [-0.4, -0.2) is 67.3 Å². The molecule has 1 aliphatic heterocycles. The molecule has 1 fully saturated rings. The standard InChI is InChI=1S/C32H33ClN6O4/c1-35-39(21-34)20-23-6-2-4-8-27(23)37-14-16-38(17-15-37)32(42)26(18-22-10-12-24(33)13-11-22)36-31(41)30-19-28(40)25-7-3-5-9-29(25)43-30/h2-13,19,21,26,34-35H,14-18,20H2,1H3,(H,36,41)/t26-/m1/s1. The maximum Gasteiger partial charge on any atom is 0.287 e. The van der Waals surface area contributed by atoms with Crippen LogP contribution in [0.1, 0.15) is 21.7 Å². The van der Waals surface area contributed by atoms with Gasteiger partial charge >= 0.3 is 0 Å². The summed E-state index contributed by atoms with van der Waals surface area (Å²) < 4.78 is 5.73. The monoisotopic (exact) mass is 600 g/mol. The predicted molar refractivity (Wildman–Crippen MR) is 168 cm³/mol. The number of anilines is 1. The molecule has 1 aromatic heterocycles. The molecule has 1 aliphatic rings. The number of piperazine rings is 1. The van der Waals surface area contributed by atoms with Gasteiger partial charge in [-0.1, -0.05) is 54.1 Å². The van der Waals surface area contributed by atoms with Gasteiger partial charge in [-0.25, -0.2) is 5.43 Å². The number of rotatable bonds is 10. The molecule has 1 saturated heterocycles. The molecular weight excluding hydrogens is 568 g/mol. The number of nitrogens with one attached hydrogen (secondary N) is 3. The van der Waals surface area contributed by atoms with E-state index in [9.17, 15) is 14.4 Å². The van der Waals surface area contributed by atoms with E-state index in [1.165, 1.54) is 6.34 Å². The molecule has 10 nitrogen and oxygen atoms in total. The first-order valence-electron chi connectivity index (χ1n) is 14.0. The van der Waals surface area contributed by atoms with Crippen molar-refractivity contribution in [3.8, 4) is 0 Å². The Balaban J connectivity index is 1.33. The van der Waals surface area contributed by atoms with E-state index in [0.29, 0.717) is 48.7 Å². The predicted octanol–water partition coefficient (Wildman–Crippen LogP) is 3.68. The molecule has 0 aliphatic carbocycles. The van der Waals surface area contributed by atoms with Gasteiger partial charge in [0.25, 0.3) is 5.91 Å². The Labute approximate surface area is 254 Å². The highest BCUT2D eigenvalue weighted by Gasteiger charge is 2.30. The van der Waals surface area contributed by atoms with Crippen LogP contribution in [0.2, 0.25) is 5.02 Å². The lowest BCUT2D eigenvalue weighted by molar-refractivity contribution is -0.133. The minimum atomic E-state index is -0.888. The Morgan fingerprint density at radius 1 is 1.02 bits per heavy atom. The largest absolute Gasteiger partial charge is 0.451 e. The Morgan fingerprint density at radius 2 is 1.72 bits per heavy atom. The SMILES string of the molecule is CNN(C=N)Cc1ccccc1N1CCN(C(=O)[C@@H](Cc2ccc(Cl)cc2)NC(=O)c2cc(=O)c3ccccc3o2)CC1. The van der Waals surface area contributed by atoms with Gasteiger partial charge in [-0.15, -0.1) is 0 Å². The number of amides is 2. The number of nitrogens with zero attached hydrogens (tertiary/aromatic N) is 3. The maximum absolute atomic E-state index is 13.9. The van der Waals surface area contributed by atoms with Crippen LogP contribution >= 0.6 is 11.6 Å². The van der Waals surface area contributed by atoms with E-state index < -0.39 is 11.9 Å². The van der Waals surface area contributed by atoms with Crippen LogP contribution in [0.3, 0.4) is 0 Å². The van der Waals surface area contributed by atoms with Gasteiger partial charge in [0.15, 0.2) is 11.2 Å². The van der Waals surface area contributed by atoms with Crippen LogP contribution in [0.25, 0.3) is 11.0 Å². The van der Waals surface area contributed by atoms with Crippen LogP contribution in [0.15, 0.2) is 88.1 Å². The summed E-state index contributed by atoms with van der Waals surface area (Å²) in [6, 6.07) is 22.1. The maximum atomic E-state index is 13.9. The first-order chi connectivity index (χ1) is 20.9. The molecular formula is C32H33ClN6O4. The van der Waals surface area contributed by atoms with Gasteiger partial charge in [0, 0.05) is 56.4 Å². The summed E-state index contributed by atoms with van der Waals surface area (Å²) in [5.74, 6) is -1.01. The number of halogens is 1. The second kappa shape index (κ2) is 13.5. The zero-order valence-electron chi connectivity index (χ0n) is 23.8. The zero-order valence-corrected chi connectivity index (χ0v) is 24.5. The molecule has 3 aromatic carbocycles. The first kappa shape index (κ1) is 29.8. The minimum absolute atomic E-state index is 0.153. The van der Waals surface area contributed by atoms with Gasteiger partial charge in [0.2, 0.25) is 5.91 Å². The van der Waals surface area contributed by atoms with Crippen molar-refractivity contribution in [2.24, 2.45) is 0 Å². The number of benzene rings is 3. The summed E-state index contributed by atoms with van der Waals surface area (Å²) in [6.07, 6.45) is 1.48. The second-order valence-corrected chi connectivity index (χ2v) is 10.7. The van der Waals surface area contributed by atoms with E-state index in [4.69, 9.17) is 21.4 Å². The van der Waals surface area contributed by atoms with Crippen molar-refractivity contribution in [3.05, 3.63) is 111 Å². The van der Waals surface area contributed by atoms with E-state index in [1.54, 1.807) is 53.4 Å².